The van der Waals surface area contributed by atoms with Crippen LogP contribution < -0.4 is 11.1 Å². The lowest BCUT2D eigenvalue weighted by atomic mass is 9.85. The van der Waals surface area contributed by atoms with Gasteiger partial charge in [-0.05, 0) is 23.1 Å². The van der Waals surface area contributed by atoms with E-state index in [0.717, 1.165) is 5.56 Å². The van der Waals surface area contributed by atoms with Gasteiger partial charge >= 0.3 is 0 Å². The molecule has 0 saturated carbocycles. The molecule has 4 N–H and O–H groups in total. The van der Waals surface area contributed by atoms with Crippen molar-refractivity contribution in [2.45, 2.75) is 39.8 Å². The molecule has 100 valence electrons. The van der Waals surface area contributed by atoms with E-state index in [1.807, 2.05) is 20.8 Å². The highest BCUT2D eigenvalue weighted by atomic mass is 16.3. The van der Waals surface area contributed by atoms with Gasteiger partial charge in [0, 0.05) is 18.2 Å². The summed E-state index contributed by atoms with van der Waals surface area (Å²) in [4.78, 5) is 11.8. The van der Waals surface area contributed by atoms with Crippen molar-refractivity contribution >= 4 is 11.6 Å². The number of hydrogen-bond donors (Lipinski definition) is 3. The van der Waals surface area contributed by atoms with Crippen LogP contribution in [0.4, 0.5) is 5.69 Å². The Morgan fingerprint density at radius 3 is 2.67 bits per heavy atom. The Labute approximate surface area is 108 Å². The molecule has 0 aliphatic carbocycles. The number of nitrogens with two attached hydrogens (primary N) is 1. The topological polar surface area (TPSA) is 75.4 Å². The highest BCUT2D eigenvalue weighted by Gasteiger charge is 2.23. The molecule has 0 radical (unpaired) electrons. The Balaban J connectivity index is 2.59. The first-order valence-electron chi connectivity index (χ1n) is 6.08. The molecule has 0 saturated heterocycles. The van der Waals surface area contributed by atoms with Crippen LogP contribution in [0.3, 0.4) is 0 Å². The fourth-order valence-corrected chi connectivity index (χ4v) is 1.47. The predicted octanol–water partition coefficient (Wildman–Crippen LogP) is 1.88. The molecule has 18 heavy (non-hydrogen) atoms. The van der Waals surface area contributed by atoms with E-state index < -0.39 is 0 Å². The Morgan fingerprint density at radius 2 is 2.11 bits per heavy atom. The third-order valence-electron chi connectivity index (χ3n) is 2.91. The van der Waals surface area contributed by atoms with Crippen molar-refractivity contribution < 1.29 is 9.90 Å². The second-order valence-corrected chi connectivity index (χ2v) is 5.58. The summed E-state index contributed by atoms with van der Waals surface area (Å²) in [5, 5.41) is 11.8. The van der Waals surface area contributed by atoms with Gasteiger partial charge in [-0.1, -0.05) is 32.9 Å². The second-order valence-electron chi connectivity index (χ2n) is 5.58. The minimum absolute atomic E-state index is 0.0365. The van der Waals surface area contributed by atoms with Crippen LogP contribution in [0.15, 0.2) is 24.3 Å². The van der Waals surface area contributed by atoms with Gasteiger partial charge in [0.25, 0.3) is 0 Å². The number of nitrogens with one attached hydrogen (secondary N) is 1. The van der Waals surface area contributed by atoms with Crippen LogP contribution in [0.1, 0.15) is 32.8 Å². The van der Waals surface area contributed by atoms with E-state index in [0.29, 0.717) is 5.69 Å². The number of aliphatic hydroxyl groups excluding tert-OH is 1. The summed E-state index contributed by atoms with van der Waals surface area (Å²) in [7, 11) is 0. The highest BCUT2D eigenvalue weighted by molar-refractivity contribution is 5.91. The Morgan fingerprint density at radius 1 is 1.44 bits per heavy atom. The smallest absolute Gasteiger partial charge is 0.225 e. The first-order chi connectivity index (χ1) is 8.32. The van der Waals surface area contributed by atoms with Crippen LogP contribution in [-0.2, 0) is 11.4 Å². The van der Waals surface area contributed by atoms with Gasteiger partial charge in [0.15, 0.2) is 0 Å². The molecular formula is C14H22N2O2. The number of amides is 1. The predicted molar refractivity (Wildman–Crippen MR) is 73.0 cm³/mol. The molecule has 1 amide bonds. The van der Waals surface area contributed by atoms with E-state index in [-0.39, 0.29) is 30.4 Å². The molecule has 0 aliphatic rings. The van der Waals surface area contributed by atoms with Gasteiger partial charge in [-0.3, -0.25) is 4.79 Å². The maximum atomic E-state index is 11.8. The van der Waals surface area contributed by atoms with Crippen LogP contribution >= 0.6 is 0 Å². The fourth-order valence-electron chi connectivity index (χ4n) is 1.47. The standard InChI is InChI=1S/C14H22N2O2/c1-14(2,3)12(15)8-13(18)16-11-6-4-5-10(7-11)9-17/h4-7,12,17H,8-9,15H2,1-3H3,(H,16,18). The molecule has 1 aromatic carbocycles. The van der Waals surface area contributed by atoms with Gasteiger partial charge in [-0.2, -0.15) is 0 Å². The van der Waals surface area contributed by atoms with Gasteiger partial charge < -0.3 is 16.2 Å². The monoisotopic (exact) mass is 250 g/mol. The third kappa shape index (κ3) is 4.47. The lowest BCUT2D eigenvalue weighted by molar-refractivity contribution is -0.117. The van der Waals surface area contributed by atoms with Crippen molar-refractivity contribution in [2.75, 3.05) is 5.32 Å². The quantitative estimate of drug-likeness (QED) is 0.763. The summed E-state index contributed by atoms with van der Waals surface area (Å²) in [5.74, 6) is -0.104. The maximum Gasteiger partial charge on any atom is 0.225 e. The average molecular weight is 250 g/mol. The van der Waals surface area contributed by atoms with E-state index in [1.165, 1.54) is 0 Å². The fraction of sp³-hybridized carbons (Fsp3) is 0.500. The Kier molecular flexibility index (Phi) is 4.87. The number of carbonyl (C=O) groups is 1. The van der Waals surface area contributed by atoms with E-state index in [9.17, 15) is 4.79 Å². The number of benzene rings is 1. The van der Waals surface area contributed by atoms with Crippen molar-refractivity contribution in [2.24, 2.45) is 11.1 Å². The van der Waals surface area contributed by atoms with E-state index >= 15 is 0 Å². The molecule has 1 unspecified atom stereocenters. The summed E-state index contributed by atoms with van der Waals surface area (Å²) >= 11 is 0. The van der Waals surface area contributed by atoms with Crippen molar-refractivity contribution in [1.82, 2.24) is 0 Å². The molecule has 4 heteroatoms. The van der Waals surface area contributed by atoms with Crippen LogP contribution in [0, 0.1) is 5.41 Å². The van der Waals surface area contributed by atoms with Crippen molar-refractivity contribution in [1.29, 1.82) is 0 Å². The molecule has 1 aromatic rings. The summed E-state index contributed by atoms with van der Waals surface area (Å²) in [6.45, 7) is 6.00. The molecule has 0 fully saturated rings. The lowest BCUT2D eigenvalue weighted by Crippen LogP contribution is -2.38. The lowest BCUT2D eigenvalue weighted by Gasteiger charge is -2.26. The summed E-state index contributed by atoms with van der Waals surface area (Å²) in [6, 6.07) is 6.96. The average Bonchev–Trinajstić information content (AvgIpc) is 2.27. The summed E-state index contributed by atoms with van der Waals surface area (Å²) in [5.41, 5.74) is 7.33. The molecular weight excluding hydrogens is 228 g/mol. The van der Waals surface area contributed by atoms with Crippen LogP contribution in [0.2, 0.25) is 0 Å². The third-order valence-corrected chi connectivity index (χ3v) is 2.91. The molecule has 0 aliphatic heterocycles. The first kappa shape index (κ1) is 14.7. The summed E-state index contributed by atoms with van der Waals surface area (Å²) < 4.78 is 0. The molecule has 1 atom stereocenters. The largest absolute Gasteiger partial charge is 0.392 e. The van der Waals surface area contributed by atoms with Crippen molar-refractivity contribution in [3.05, 3.63) is 29.8 Å². The number of anilines is 1. The minimum Gasteiger partial charge on any atom is -0.392 e. The van der Waals surface area contributed by atoms with E-state index in [1.54, 1.807) is 24.3 Å². The van der Waals surface area contributed by atoms with Gasteiger partial charge in [0.05, 0.1) is 6.61 Å². The number of hydrogen-bond acceptors (Lipinski definition) is 3. The second kappa shape index (κ2) is 5.98. The molecule has 1 rings (SSSR count). The number of aliphatic hydroxyl groups is 1. The maximum absolute atomic E-state index is 11.8. The van der Waals surface area contributed by atoms with Gasteiger partial charge in [0.1, 0.15) is 0 Å². The number of carbonyl (C=O) groups excluding carboxylic acids is 1. The van der Waals surface area contributed by atoms with Gasteiger partial charge in [0.2, 0.25) is 5.91 Å². The van der Waals surface area contributed by atoms with Crippen molar-refractivity contribution in [3.8, 4) is 0 Å². The van der Waals surface area contributed by atoms with Gasteiger partial charge in [-0.25, -0.2) is 0 Å². The highest BCUT2D eigenvalue weighted by Crippen LogP contribution is 2.20. The molecule has 0 bridgehead atoms. The van der Waals surface area contributed by atoms with Crippen LogP contribution in [0.25, 0.3) is 0 Å². The van der Waals surface area contributed by atoms with E-state index in [2.05, 4.69) is 5.32 Å². The number of rotatable bonds is 4. The minimum atomic E-state index is -0.182. The molecule has 0 spiro atoms. The SMILES string of the molecule is CC(C)(C)C(N)CC(=O)Nc1cccc(CO)c1. The van der Waals surface area contributed by atoms with Crippen LogP contribution in [0.5, 0.6) is 0 Å². The molecule has 0 heterocycles. The normalized spacial score (nSPS) is 13.2. The zero-order valence-corrected chi connectivity index (χ0v) is 11.2. The summed E-state index contributed by atoms with van der Waals surface area (Å²) in [6.07, 6.45) is 0.285. The van der Waals surface area contributed by atoms with Gasteiger partial charge in [-0.15, -0.1) is 0 Å². The van der Waals surface area contributed by atoms with E-state index in [4.69, 9.17) is 10.8 Å². The van der Waals surface area contributed by atoms with Crippen LogP contribution in [-0.4, -0.2) is 17.1 Å². The zero-order chi connectivity index (χ0) is 13.8. The van der Waals surface area contributed by atoms with Crippen molar-refractivity contribution in [3.63, 3.8) is 0 Å². The molecule has 4 nitrogen and oxygen atoms in total. The Bertz CT molecular complexity index is 411. The first-order valence-corrected chi connectivity index (χ1v) is 6.08. The zero-order valence-electron chi connectivity index (χ0n) is 11.2. The Hall–Kier alpha value is -1.39. The molecule has 0 aromatic heterocycles.